The minimum Gasteiger partial charge on any atom is -0.478 e. The number of methoxy groups -OCH3 is 1. The van der Waals surface area contributed by atoms with Crippen LogP contribution in [0.25, 0.3) is 11.2 Å². The Bertz CT molecular complexity index is 2440. The normalized spacial score (nSPS) is 18.6. The van der Waals surface area contributed by atoms with Crippen molar-refractivity contribution in [2.45, 2.75) is 36.5 Å². The number of nitrogens with zero attached hydrogens (tertiary/aromatic N) is 10. The fraction of sp³-hybridized carbons (Fsp3) is 0.375. The molecule has 22 heteroatoms. The summed E-state index contributed by atoms with van der Waals surface area (Å²) in [5, 5.41) is 17.3. The van der Waals surface area contributed by atoms with Crippen LogP contribution in [0, 0.1) is 11.6 Å². The molecule has 3 amide bonds. The molecule has 0 aliphatic carbocycles. The fourth-order valence-corrected chi connectivity index (χ4v) is 8.39. The smallest absolute Gasteiger partial charge is 0.365 e. The topological polar surface area (TPSA) is 195 Å². The van der Waals surface area contributed by atoms with Gasteiger partial charge in [0.15, 0.2) is 17.0 Å². The van der Waals surface area contributed by atoms with Crippen LogP contribution in [-0.2, 0) is 32.8 Å². The van der Waals surface area contributed by atoms with Gasteiger partial charge >= 0.3 is 6.03 Å². The SMILES string of the molecule is C=CC(=O)N[C@@H]1CN(c2nc(Nc3cn(CCOCCON(C)C(=O)N4N=C(c5cc(F)ccc5F)S[C@@]4(CCCN)c4ccccc4)nc3OC)c3ncn(C)c3n2)C[C@H]1F. The Hall–Kier alpha value is -6.23. The first-order valence-electron chi connectivity index (χ1n) is 19.6. The van der Waals surface area contributed by atoms with Crippen LogP contribution in [0.1, 0.15) is 24.0 Å². The molecule has 0 saturated carbocycles. The van der Waals surface area contributed by atoms with E-state index < -0.39 is 40.7 Å². The van der Waals surface area contributed by atoms with Crippen LogP contribution in [0.2, 0.25) is 0 Å². The number of halogens is 3. The summed E-state index contributed by atoms with van der Waals surface area (Å²) in [6.45, 7) is 4.51. The Kier molecular flexibility index (Phi) is 13.6. The van der Waals surface area contributed by atoms with Gasteiger partial charge in [-0.05, 0) is 49.2 Å². The molecule has 7 rings (SSSR count). The van der Waals surface area contributed by atoms with Gasteiger partial charge in [-0.1, -0.05) is 48.7 Å². The maximum Gasteiger partial charge on any atom is 0.365 e. The Balaban J connectivity index is 0.974. The monoisotopic (exact) mass is 877 g/mol. The van der Waals surface area contributed by atoms with Crippen molar-refractivity contribution in [1.29, 1.82) is 0 Å². The number of hydrogen-bond acceptors (Lipinski definition) is 14. The number of rotatable bonds is 18. The van der Waals surface area contributed by atoms with Gasteiger partial charge in [-0.2, -0.15) is 20.1 Å². The summed E-state index contributed by atoms with van der Waals surface area (Å²) in [4.78, 5) is 46.0. The van der Waals surface area contributed by atoms with Gasteiger partial charge in [-0.15, -0.1) is 5.10 Å². The van der Waals surface area contributed by atoms with E-state index in [4.69, 9.17) is 20.0 Å². The number of amides is 3. The Morgan fingerprint density at radius 1 is 1.13 bits per heavy atom. The van der Waals surface area contributed by atoms with E-state index in [2.05, 4.69) is 42.4 Å². The van der Waals surface area contributed by atoms with E-state index in [1.807, 2.05) is 30.3 Å². The summed E-state index contributed by atoms with van der Waals surface area (Å²) in [6.07, 6.45) is 3.93. The van der Waals surface area contributed by atoms with E-state index >= 15 is 4.39 Å². The molecular weight excluding hydrogens is 832 g/mol. The zero-order valence-electron chi connectivity index (χ0n) is 34.2. The Morgan fingerprint density at radius 3 is 2.69 bits per heavy atom. The highest BCUT2D eigenvalue weighted by atomic mass is 32.2. The number of imidazole rings is 1. The maximum atomic E-state index is 15.0. The number of benzene rings is 2. The first-order valence-corrected chi connectivity index (χ1v) is 20.4. The van der Waals surface area contributed by atoms with Gasteiger partial charge in [0.05, 0.1) is 58.6 Å². The minimum atomic E-state index is -1.34. The predicted molar refractivity (Wildman–Crippen MR) is 226 cm³/mol. The second-order valence-corrected chi connectivity index (χ2v) is 15.6. The fourth-order valence-electron chi connectivity index (χ4n) is 6.98. The second kappa shape index (κ2) is 19.2. The van der Waals surface area contributed by atoms with Crippen molar-refractivity contribution in [3.63, 3.8) is 0 Å². The number of carbonyl (C=O) groups is 2. The van der Waals surface area contributed by atoms with Crippen molar-refractivity contribution in [3.05, 3.63) is 96.5 Å². The number of hydrazone groups is 1. The van der Waals surface area contributed by atoms with Crippen molar-refractivity contribution in [2.24, 2.45) is 17.9 Å². The molecule has 0 bridgehead atoms. The summed E-state index contributed by atoms with van der Waals surface area (Å²) in [5.74, 6) is -0.943. The van der Waals surface area contributed by atoms with Crippen molar-refractivity contribution < 1.29 is 37.1 Å². The zero-order valence-corrected chi connectivity index (χ0v) is 35.0. The largest absolute Gasteiger partial charge is 0.478 e. The number of fused-ring (bicyclic) bond motifs is 1. The standard InChI is InChI=1S/C40H46F3N13O5S/c1-5-32(57)46-30-22-54(21-29(30)43)38-48-34(33-35(49-38)52(2)24-45-33)47-31-23-55(50-36(31)59-4)16-17-60-18-19-61-53(3)39(58)56-40(14-9-15-44,25-10-7-6-8-11-25)62-37(51-56)27-20-26(41)12-13-28(27)42/h5-8,10-13,20,23-24,29-30H,1,9,14-19,21-22,44H2,2-4H3,(H,46,57)(H,47,48,49)/t29-,30-,40+/m1/s1. The number of aryl methyl sites for hydroxylation is 1. The third kappa shape index (κ3) is 9.32. The molecule has 1 fully saturated rings. The molecule has 0 unspecified atom stereocenters. The number of urea groups is 1. The van der Waals surface area contributed by atoms with Gasteiger partial charge in [-0.3, -0.25) is 14.3 Å². The van der Waals surface area contributed by atoms with E-state index in [1.165, 1.54) is 19.2 Å². The van der Waals surface area contributed by atoms with Crippen LogP contribution in [0.3, 0.4) is 0 Å². The van der Waals surface area contributed by atoms with Gasteiger partial charge in [0.25, 0.3) is 5.88 Å². The van der Waals surface area contributed by atoms with Crippen molar-refractivity contribution in [2.75, 3.05) is 63.8 Å². The molecule has 0 spiro atoms. The van der Waals surface area contributed by atoms with Crippen molar-refractivity contribution in [1.82, 2.24) is 44.7 Å². The van der Waals surface area contributed by atoms with Crippen LogP contribution in [0.4, 0.5) is 35.4 Å². The highest BCUT2D eigenvalue weighted by molar-refractivity contribution is 8.15. The van der Waals surface area contributed by atoms with Crippen molar-refractivity contribution in [3.8, 4) is 5.88 Å². The van der Waals surface area contributed by atoms with E-state index in [1.54, 1.807) is 33.7 Å². The number of carbonyl (C=O) groups excluding carboxylic acids is 2. The van der Waals surface area contributed by atoms with E-state index in [0.717, 1.165) is 46.7 Å². The van der Waals surface area contributed by atoms with Crippen LogP contribution in [0.15, 0.2) is 78.8 Å². The highest BCUT2D eigenvalue weighted by Crippen LogP contribution is 2.51. The molecule has 5 aromatic rings. The van der Waals surface area contributed by atoms with Gasteiger partial charge in [0.1, 0.15) is 33.4 Å². The number of alkyl halides is 1. The summed E-state index contributed by atoms with van der Waals surface area (Å²) in [7, 11) is 4.69. The lowest BCUT2D eigenvalue weighted by Gasteiger charge is -2.37. The number of ether oxygens (including phenoxy) is 2. The first-order chi connectivity index (χ1) is 29.9. The third-order valence-electron chi connectivity index (χ3n) is 10.1. The second-order valence-electron chi connectivity index (χ2n) is 14.3. The van der Waals surface area contributed by atoms with Crippen LogP contribution < -0.4 is 26.0 Å². The number of hydroxylamine groups is 2. The molecule has 62 heavy (non-hydrogen) atoms. The molecule has 2 aliphatic heterocycles. The number of nitrogens with two attached hydrogens (primary N) is 1. The van der Waals surface area contributed by atoms with Gasteiger partial charge in [-0.25, -0.2) is 28.0 Å². The average Bonchev–Trinajstić information content (AvgIpc) is 4.06. The molecule has 2 aliphatic rings. The molecule has 0 radical (unpaired) electrons. The van der Waals surface area contributed by atoms with Gasteiger partial charge in [0.2, 0.25) is 11.9 Å². The number of thioether (sulfide) groups is 1. The first kappa shape index (κ1) is 43.8. The van der Waals surface area contributed by atoms with Crippen molar-refractivity contribution >= 4 is 57.4 Å². The molecule has 1 saturated heterocycles. The lowest BCUT2D eigenvalue weighted by Crippen LogP contribution is -2.47. The molecule has 5 heterocycles. The summed E-state index contributed by atoms with van der Waals surface area (Å²) < 4.78 is 58.9. The zero-order chi connectivity index (χ0) is 44.0. The average molecular weight is 878 g/mol. The minimum absolute atomic E-state index is 0.00759. The molecule has 4 N–H and O–H groups in total. The molecule has 2 aromatic carbocycles. The highest BCUT2D eigenvalue weighted by Gasteiger charge is 2.50. The number of anilines is 3. The Labute approximate surface area is 358 Å². The molecular formula is C40H46F3N13O5S. The molecule has 3 atom stereocenters. The van der Waals surface area contributed by atoms with E-state index in [0.29, 0.717) is 48.6 Å². The summed E-state index contributed by atoms with van der Waals surface area (Å²) in [5.41, 5.74) is 8.00. The number of hydrogen-bond donors (Lipinski definition) is 3. The third-order valence-corrected chi connectivity index (χ3v) is 11.5. The number of nitrogens with one attached hydrogen (secondary N) is 2. The van der Waals surface area contributed by atoms with Gasteiger partial charge < -0.3 is 35.3 Å². The summed E-state index contributed by atoms with van der Waals surface area (Å²) in [6, 6.07) is 10.9. The quantitative estimate of drug-likeness (QED) is 0.0637. The van der Waals surface area contributed by atoms with Crippen LogP contribution >= 0.6 is 11.8 Å². The molecule has 3 aromatic heterocycles. The number of aromatic nitrogens is 6. The molecule has 18 nitrogen and oxygen atoms in total. The predicted octanol–water partition coefficient (Wildman–Crippen LogP) is 4.42. The molecule has 328 valence electrons. The summed E-state index contributed by atoms with van der Waals surface area (Å²) >= 11 is 1.15. The van der Waals surface area contributed by atoms with E-state index in [-0.39, 0.29) is 55.3 Å². The van der Waals surface area contributed by atoms with Crippen LogP contribution in [0.5, 0.6) is 5.88 Å². The van der Waals surface area contributed by atoms with Gasteiger partial charge in [0, 0.05) is 26.2 Å². The maximum absolute atomic E-state index is 15.0. The Morgan fingerprint density at radius 2 is 1.94 bits per heavy atom. The lowest BCUT2D eigenvalue weighted by atomic mass is 10.0. The van der Waals surface area contributed by atoms with E-state index in [9.17, 15) is 18.4 Å². The van der Waals surface area contributed by atoms with Crippen LogP contribution in [-0.4, -0.2) is 122 Å². The lowest BCUT2D eigenvalue weighted by molar-refractivity contribution is -0.125.